The van der Waals surface area contributed by atoms with Gasteiger partial charge in [-0.05, 0) is 6.42 Å². The topological polar surface area (TPSA) is 37.3 Å². The first-order valence-corrected chi connectivity index (χ1v) is 6.97. The molecule has 0 spiro atoms. The van der Waals surface area contributed by atoms with Crippen molar-refractivity contribution in [2.24, 2.45) is 0 Å². The van der Waals surface area contributed by atoms with Crippen molar-refractivity contribution in [2.75, 3.05) is 0 Å². The summed E-state index contributed by atoms with van der Waals surface area (Å²) >= 11 is 3.15. The first-order valence-electron chi connectivity index (χ1n) is 6.05. The highest BCUT2D eigenvalue weighted by Gasteiger charge is 2.11. The molecule has 0 rings (SSSR count). The van der Waals surface area contributed by atoms with E-state index in [1.165, 1.54) is 44.9 Å². The molecule has 0 aliphatic carbocycles. The zero-order valence-electron chi connectivity index (χ0n) is 9.67. The Labute approximate surface area is 102 Å². The highest BCUT2D eigenvalue weighted by Crippen LogP contribution is 2.13. The molecule has 0 aliphatic rings. The Hall–Kier alpha value is -0.0500. The maximum absolute atomic E-state index is 10.5. The minimum Gasteiger partial charge on any atom is -0.480 e. The number of carbonyl (C=O) groups is 1. The summed E-state index contributed by atoms with van der Waals surface area (Å²) in [6.45, 7) is 2.22. The average molecular weight is 279 g/mol. The fourth-order valence-corrected chi connectivity index (χ4v) is 1.90. The summed E-state index contributed by atoms with van der Waals surface area (Å²) in [5, 5.41) is 8.63. The molecule has 0 heterocycles. The van der Waals surface area contributed by atoms with E-state index in [1.54, 1.807) is 0 Å². The van der Waals surface area contributed by atoms with E-state index in [0.717, 1.165) is 12.8 Å². The molecule has 3 heteroatoms. The molecule has 2 nitrogen and oxygen atoms in total. The van der Waals surface area contributed by atoms with Crippen LogP contribution in [0.25, 0.3) is 0 Å². The first-order chi connectivity index (χ1) is 7.18. The van der Waals surface area contributed by atoms with Crippen molar-refractivity contribution in [3.63, 3.8) is 0 Å². The van der Waals surface area contributed by atoms with E-state index in [9.17, 15) is 4.79 Å². The molecule has 0 aliphatic heterocycles. The maximum atomic E-state index is 10.5. The van der Waals surface area contributed by atoms with Crippen LogP contribution in [0.4, 0.5) is 0 Å². The van der Waals surface area contributed by atoms with Gasteiger partial charge in [-0.3, -0.25) is 4.79 Å². The summed E-state index contributed by atoms with van der Waals surface area (Å²) in [6, 6.07) is 0. The van der Waals surface area contributed by atoms with E-state index < -0.39 is 5.97 Å². The van der Waals surface area contributed by atoms with Crippen LogP contribution in [0, 0.1) is 0 Å². The van der Waals surface area contributed by atoms with Gasteiger partial charge < -0.3 is 5.11 Å². The molecular weight excluding hydrogens is 256 g/mol. The van der Waals surface area contributed by atoms with Crippen LogP contribution in [0.5, 0.6) is 0 Å². The van der Waals surface area contributed by atoms with Crippen molar-refractivity contribution in [2.45, 2.75) is 69.5 Å². The Kier molecular flexibility index (Phi) is 10.4. The Morgan fingerprint density at radius 2 is 1.53 bits per heavy atom. The molecule has 15 heavy (non-hydrogen) atoms. The number of aliphatic carboxylic acids is 1. The lowest BCUT2D eigenvalue weighted by molar-refractivity contribution is -0.136. The minimum absolute atomic E-state index is 0.349. The van der Waals surface area contributed by atoms with Crippen LogP contribution in [-0.4, -0.2) is 15.9 Å². The second kappa shape index (κ2) is 10.5. The summed E-state index contributed by atoms with van der Waals surface area (Å²) < 4.78 is 0. The molecule has 0 saturated heterocycles. The molecule has 0 saturated carbocycles. The molecule has 0 unspecified atom stereocenters. The van der Waals surface area contributed by atoms with Crippen LogP contribution < -0.4 is 0 Å². The van der Waals surface area contributed by atoms with Gasteiger partial charge in [-0.15, -0.1) is 0 Å². The Morgan fingerprint density at radius 3 is 2.00 bits per heavy atom. The van der Waals surface area contributed by atoms with Crippen LogP contribution >= 0.6 is 15.9 Å². The fourth-order valence-electron chi connectivity index (χ4n) is 1.58. The number of carboxylic acid groups (broad SMARTS) is 1. The lowest BCUT2D eigenvalue weighted by Gasteiger charge is -2.04. The number of unbranched alkanes of at least 4 members (excludes halogenated alkanes) is 7. The van der Waals surface area contributed by atoms with Crippen LogP contribution in [0.15, 0.2) is 0 Å². The quantitative estimate of drug-likeness (QED) is 0.476. The molecule has 0 aromatic rings. The number of hydrogen-bond donors (Lipinski definition) is 1. The summed E-state index contributed by atoms with van der Waals surface area (Å²) in [6.07, 6.45) is 10.8. The van der Waals surface area contributed by atoms with Crippen LogP contribution in [0.1, 0.15) is 64.7 Å². The Bertz CT molecular complexity index is 160. The number of halogens is 1. The van der Waals surface area contributed by atoms with Crippen molar-refractivity contribution >= 4 is 21.9 Å². The third-order valence-electron chi connectivity index (χ3n) is 2.58. The van der Waals surface area contributed by atoms with Gasteiger partial charge >= 0.3 is 5.97 Å². The minimum atomic E-state index is -0.738. The van der Waals surface area contributed by atoms with E-state index in [4.69, 9.17) is 5.11 Å². The largest absolute Gasteiger partial charge is 0.480 e. The molecule has 0 amide bonds. The molecule has 1 N–H and O–H groups in total. The predicted octanol–water partition coefficient (Wildman–Crippen LogP) is 4.37. The molecule has 0 bridgehead atoms. The van der Waals surface area contributed by atoms with Gasteiger partial charge in [0.2, 0.25) is 0 Å². The number of rotatable bonds is 10. The first kappa shape index (κ1) is 14.9. The van der Waals surface area contributed by atoms with Crippen LogP contribution in [0.3, 0.4) is 0 Å². The number of hydrogen-bond acceptors (Lipinski definition) is 1. The number of alkyl halides is 1. The fraction of sp³-hybridized carbons (Fsp3) is 0.917. The van der Waals surface area contributed by atoms with Gasteiger partial charge in [0, 0.05) is 0 Å². The second-order valence-corrected chi connectivity index (χ2v) is 5.17. The van der Waals surface area contributed by atoms with Crippen molar-refractivity contribution in [1.29, 1.82) is 0 Å². The third kappa shape index (κ3) is 10.2. The van der Waals surface area contributed by atoms with Gasteiger partial charge in [0.25, 0.3) is 0 Å². The third-order valence-corrected chi connectivity index (χ3v) is 3.43. The Morgan fingerprint density at radius 1 is 1.07 bits per heavy atom. The molecule has 1 atom stereocenters. The van der Waals surface area contributed by atoms with Gasteiger partial charge in [-0.2, -0.15) is 0 Å². The molecule has 0 fully saturated rings. The lowest BCUT2D eigenvalue weighted by atomic mass is 10.1. The van der Waals surface area contributed by atoms with Gasteiger partial charge in [0.05, 0.1) is 0 Å². The smallest absolute Gasteiger partial charge is 0.317 e. The average Bonchev–Trinajstić information content (AvgIpc) is 2.21. The standard InChI is InChI=1S/C12H23BrO2/c1-2-3-4-5-6-7-8-9-10-11(13)12(14)15/h11H,2-10H2,1H3,(H,14,15)/t11-/m0/s1. The van der Waals surface area contributed by atoms with Crippen molar-refractivity contribution in [3.8, 4) is 0 Å². The monoisotopic (exact) mass is 278 g/mol. The van der Waals surface area contributed by atoms with Crippen molar-refractivity contribution < 1.29 is 9.90 Å². The van der Waals surface area contributed by atoms with Crippen LogP contribution in [0.2, 0.25) is 0 Å². The summed E-state index contributed by atoms with van der Waals surface area (Å²) in [5.74, 6) is -0.738. The van der Waals surface area contributed by atoms with Crippen molar-refractivity contribution in [1.82, 2.24) is 0 Å². The maximum Gasteiger partial charge on any atom is 0.317 e. The molecule has 0 aromatic heterocycles. The Balaban J connectivity index is 3.08. The highest BCUT2D eigenvalue weighted by molar-refractivity contribution is 9.10. The second-order valence-electron chi connectivity index (χ2n) is 4.07. The lowest BCUT2D eigenvalue weighted by Crippen LogP contribution is -2.11. The SMILES string of the molecule is CCCCCCCCCC[C@H](Br)C(=O)O. The van der Waals surface area contributed by atoms with Crippen LogP contribution in [-0.2, 0) is 4.79 Å². The number of carboxylic acids is 1. The van der Waals surface area contributed by atoms with Gasteiger partial charge in [0.1, 0.15) is 4.83 Å². The van der Waals surface area contributed by atoms with E-state index in [-0.39, 0.29) is 4.83 Å². The van der Waals surface area contributed by atoms with E-state index in [0.29, 0.717) is 0 Å². The zero-order valence-corrected chi connectivity index (χ0v) is 11.3. The molecule has 0 radical (unpaired) electrons. The molecular formula is C12H23BrO2. The summed E-state index contributed by atoms with van der Waals surface area (Å²) in [7, 11) is 0. The van der Waals surface area contributed by atoms with E-state index in [1.807, 2.05) is 0 Å². The molecule has 90 valence electrons. The van der Waals surface area contributed by atoms with Gasteiger partial charge in [0.15, 0.2) is 0 Å². The summed E-state index contributed by atoms with van der Waals surface area (Å²) in [5.41, 5.74) is 0. The predicted molar refractivity (Wildman–Crippen MR) is 67.6 cm³/mol. The highest BCUT2D eigenvalue weighted by atomic mass is 79.9. The zero-order chi connectivity index (χ0) is 11.5. The summed E-state index contributed by atoms with van der Waals surface area (Å²) in [4.78, 5) is 10.1. The van der Waals surface area contributed by atoms with Gasteiger partial charge in [-0.25, -0.2) is 0 Å². The normalized spacial score (nSPS) is 12.7. The molecule has 0 aromatic carbocycles. The van der Waals surface area contributed by atoms with E-state index in [2.05, 4.69) is 22.9 Å². The van der Waals surface area contributed by atoms with E-state index >= 15 is 0 Å². The van der Waals surface area contributed by atoms with Gasteiger partial charge in [-0.1, -0.05) is 74.2 Å². The van der Waals surface area contributed by atoms with Crippen molar-refractivity contribution in [3.05, 3.63) is 0 Å².